The summed E-state index contributed by atoms with van der Waals surface area (Å²) in [6, 6.07) is 7.49. The fraction of sp³-hybridized carbons (Fsp3) is 0.300. The number of anilines is 1. The van der Waals surface area contributed by atoms with E-state index >= 15 is 0 Å². The summed E-state index contributed by atoms with van der Waals surface area (Å²) in [5.74, 6) is 0.0109. The van der Waals surface area contributed by atoms with Crippen molar-refractivity contribution in [2.24, 2.45) is 5.14 Å². The highest BCUT2D eigenvalue weighted by Gasteiger charge is 2.37. The minimum atomic E-state index is -4.61. The van der Waals surface area contributed by atoms with Crippen molar-refractivity contribution in [2.45, 2.75) is 22.3 Å². The van der Waals surface area contributed by atoms with E-state index in [4.69, 9.17) is 10.9 Å². The van der Waals surface area contributed by atoms with Gasteiger partial charge in [0.25, 0.3) is 0 Å². The van der Waals surface area contributed by atoms with E-state index in [0.717, 1.165) is 6.54 Å². The van der Waals surface area contributed by atoms with Crippen molar-refractivity contribution in [3.63, 3.8) is 0 Å². The lowest BCUT2D eigenvalue weighted by molar-refractivity contribution is -0.878. The number of hydrogen-bond acceptors (Lipinski definition) is 9. The van der Waals surface area contributed by atoms with Gasteiger partial charge in [-0.3, -0.25) is 0 Å². The molecule has 14 nitrogen and oxygen atoms in total. The molecule has 1 aliphatic heterocycles. The summed E-state index contributed by atoms with van der Waals surface area (Å²) < 4.78 is 56.2. The van der Waals surface area contributed by atoms with Crippen molar-refractivity contribution in [2.75, 3.05) is 32.9 Å². The fourth-order valence-corrected chi connectivity index (χ4v) is 7.57. The van der Waals surface area contributed by atoms with Crippen molar-refractivity contribution in [3.05, 3.63) is 30.3 Å². The molecule has 16 heteroatoms. The largest absolute Gasteiger partial charge is 0.369 e. The van der Waals surface area contributed by atoms with E-state index in [0.29, 0.717) is 34.0 Å². The Hall–Kier alpha value is -3.44. The van der Waals surface area contributed by atoms with Gasteiger partial charge in [-0.25, -0.2) is 31.7 Å². The van der Waals surface area contributed by atoms with Gasteiger partial charge < -0.3 is 15.2 Å². The average molecular weight is 534 g/mol. The number of quaternary nitrogens is 1. The molecule has 5 rings (SSSR count). The molecule has 4 aromatic rings. The van der Waals surface area contributed by atoms with Crippen LogP contribution < -0.4 is 15.6 Å². The maximum atomic E-state index is 13.5. The summed E-state index contributed by atoms with van der Waals surface area (Å²) in [7, 11) is -4.92. The number of nitrogens with zero attached hydrogens (tertiary/aromatic N) is 5. The van der Waals surface area contributed by atoms with Gasteiger partial charge in [0.2, 0.25) is 25.9 Å². The Kier molecular flexibility index (Phi) is 5.60. The zero-order valence-electron chi connectivity index (χ0n) is 19.4. The number of sulfonamides is 2. The van der Waals surface area contributed by atoms with E-state index in [9.17, 15) is 16.8 Å². The van der Waals surface area contributed by atoms with Crippen molar-refractivity contribution >= 4 is 37.0 Å². The van der Waals surface area contributed by atoms with E-state index in [2.05, 4.69) is 35.3 Å². The number of nitrogens with one attached hydrogen (secondary N) is 3. The first kappa shape index (κ1) is 24.3. The molecule has 0 aliphatic carbocycles. The lowest BCUT2D eigenvalue weighted by Crippen LogP contribution is -2.42. The van der Waals surface area contributed by atoms with Crippen LogP contribution in [-0.4, -0.2) is 85.1 Å². The van der Waals surface area contributed by atoms with Gasteiger partial charge in [0.1, 0.15) is 9.79 Å². The van der Waals surface area contributed by atoms with Crippen LogP contribution in [0.5, 0.6) is 0 Å². The molecular formula is C20H25N10O4S2+. The molecule has 1 saturated heterocycles. The first-order valence-corrected chi connectivity index (χ1v) is 13.9. The summed E-state index contributed by atoms with van der Waals surface area (Å²) in [4.78, 5) is 6.08. The van der Waals surface area contributed by atoms with Gasteiger partial charge in [0.15, 0.2) is 5.95 Å². The lowest BCUT2D eigenvalue weighted by atomic mass is 9.98. The minimum Gasteiger partial charge on any atom is -0.369 e. The molecule has 1 aliphatic rings. The molecule has 1 fully saturated rings. The zero-order chi connectivity index (χ0) is 25.9. The normalized spacial score (nSPS) is 18.1. The molecule has 0 radical (unpaired) electrons. The van der Waals surface area contributed by atoms with Crippen molar-refractivity contribution in [1.82, 2.24) is 35.3 Å². The molecule has 0 unspecified atom stereocenters. The second-order valence-electron chi connectivity index (χ2n) is 9.37. The van der Waals surface area contributed by atoms with Gasteiger partial charge in [-0.15, -0.1) is 10.2 Å². The van der Waals surface area contributed by atoms with Crippen LogP contribution in [0.4, 0.5) is 5.95 Å². The van der Waals surface area contributed by atoms with Crippen molar-refractivity contribution in [1.29, 1.82) is 0 Å². The molecular weight excluding hydrogens is 508 g/mol. The molecule has 0 bridgehead atoms. The highest BCUT2D eigenvalue weighted by molar-refractivity contribution is 7.92. The van der Waals surface area contributed by atoms with Crippen LogP contribution in [0.1, 0.15) is 6.42 Å². The summed E-state index contributed by atoms with van der Waals surface area (Å²) in [6.07, 6.45) is 0.606. The monoisotopic (exact) mass is 533 g/mol. The molecule has 2 aromatic carbocycles. The first-order valence-electron chi connectivity index (χ1n) is 10.9. The molecule has 1 atom stereocenters. The highest BCUT2D eigenvalue weighted by atomic mass is 32.2. The Morgan fingerprint density at radius 1 is 1.11 bits per heavy atom. The number of aromatic nitrogens is 6. The van der Waals surface area contributed by atoms with Crippen LogP contribution in [0.15, 0.2) is 40.1 Å². The molecule has 190 valence electrons. The van der Waals surface area contributed by atoms with E-state index in [1.54, 1.807) is 18.2 Å². The van der Waals surface area contributed by atoms with Crippen LogP contribution in [-0.2, 0) is 20.0 Å². The predicted molar refractivity (Wildman–Crippen MR) is 131 cm³/mol. The summed E-state index contributed by atoms with van der Waals surface area (Å²) >= 11 is 0. The van der Waals surface area contributed by atoms with E-state index in [1.165, 1.54) is 12.1 Å². The number of likely N-dealkylation sites (N-methyl/N-ethyl adjacent to an activating group) is 1. The number of likely N-dealkylation sites (tertiary alicyclic amines) is 1. The Balaban J connectivity index is 1.77. The van der Waals surface area contributed by atoms with E-state index < -0.39 is 29.8 Å². The Labute approximate surface area is 206 Å². The molecule has 7 N–H and O–H groups in total. The molecule has 0 amide bonds. The summed E-state index contributed by atoms with van der Waals surface area (Å²) in [5, 5.41) is 19.3. The van der Waals surface area contributed by atoms with Gasteiger partial charge >= 0.3 is 0 Å². The number of nitrogen functional groups attached to an aromatic ring is 1. The second kappa shape index (κ2) is 8.31. The number of H-pyrrole nitrogens is 2. The van der Waals surface area contributed by atoms with Crippen molar-refractivity contribution in [3.8, 4) is 22.5 Å². The van der Waals surface area contributed by atoms with Crippen LogP contribution in [0.3, 0.4) is 0 Å². The summed E-state index contributed by atoms with van der Waals surface area (Å²) in [5.41, 5.74) is 7.52. The number of fused-ring (bicyclic) bond motifs is 1. The number of tetrazole rings is 1. The number of imidazole rings is 1. The number of hydrogen-bond donors (Lipinski definition) is 5. The van der Waals surface area contributed by atoms with Gasteiger partial charge in [0.05, 0.1) is 49.8 Å². The Bertz CT molecular complexity index is 1680. The maximum absolute atomic E-state index is 13.5. The number of nitrogens with two attached hydrogens (primary N) is 2. The number of rotatable bonds is 6. The first-order chi connectivity index (χ1) is 16.9. The van der Waals surface area contributed by atoms with E-state index in [1.807, 2.05) is 14.1 Å². The molecule has 2 aromatic heterocycles. The molecule has 36 heavy (non-hydrogen) atoms. The lowest BCUT2D eigenvalue weighted by Gasteiger charge is -2.23. The Morgan fingerprint density at radius 3 is 2.53 bits per heavy atom. The standard InChI is InChI=1S/C20H25N10O4S2/c1-30(2)9-8-11(10-30)27-36(33,34)15-7-6-12(13-4-3-5-14-17(13)24-20(21)23-14)16(18(15)35(22,31)32)19-25-28-29-26-19/h3-7,11,27H,8-10H2,1-2H3,(H3,21,23,24)(H2,22,31,32)(H,25,26,28,29)/q+1/t11-/m0/s1. The summed E-state index contributed by atoms with van der Waals surface area (Å²) in [6.45, 7) is 1.33. The topological polar surface area (TPSA) is 215 Å². The number of primary sulfonamides is 1. The van der Waals surface area contributed by atoms with Gasteiger partial charge in [-0.2, -0.15) is 5.21 Å². The predicted octanol–water partition coefficient (Wildman–Crippen LogP) is -0.233. The smallest absolute Gasteiger partial charge is 0.242 e. The number of benzene rings is 2. The van der Waals surface area contributed by atoms with Gasteiger partial charge in [0, 0.05) is 12.0 Å². The average Bonchev–Trinajstić information content (AvgIpc) is 3.51. The fourth-order valence-electron chi connectivity index (χ4n) is 4.70. The third-order valence-electron chi connectivity index (χ3n) is 6.21. The molecule has 0 saturated carbocycles. The quantitative estimate of drug-likeness (QED) is 0.206. The maximum Gasteiger partial charge on any atom is 0.242 e. The minimum absolute atomic E-state index is 0.120. The van der Waals surface area contributed by atoms with Gasteiger partial charge in [-0.1, -0.05) is 18.2 Å². The molecule has 3 heterocycles. The van der Waals surface area contributed by atoms with Crippen LogP contribution in [0, 0.1) is 0 Å². The SMILES string of the molecule is C[N+]1(C)CC[C@H](NS(=O)(=O)c2ccc(-c3cccc4[nH]c(N)nc34)c(-c3nn[nH]n3)c2S(N)(=O)=O)C1. The zero-order valence-corrected chi connectivity index (χ0v) is 21.1. The van der Waals surface area contributed by atoms with Crippen LogP contribution in [0.25, 0.3) is 33.5 Å². The number of para-hydroxylation sites is 1. The van der Waals surface area contributed by atoms with E-state index in [-0.39, 0.29) is 28.9 Å². The third kappa shape index (κ3) is 4.33. The third-order valence-corrected chi connectivity index (χ3v) is 8.89. The van der Waals surface area contributed by atoms with Crippen molar-refractivity contribution < 1.29 is 21.3 Å². The molecule has 0 spiro atoms. The highest BCUT2D eigenvalue weighted by Crippen LogP contribution is 2.40. The van der Waals surface area contributed by atoms with Crippen LogP contribution in [0.2, 0.25) is 0 Å². The van der Waals surface area contributed by atoms with Crippen LogP contribution >= 0.6 is 0 Å². The van der Waals surface area contributed by atoms with Gasteiger partial charge in [-0.05, 0) is 22.9 Å². The number of aromatic amines is 2. The second-order valence-corrected chi connectivity index (χ2v) is 12.5. The Morgan fingerprint density at radius 2 is 1.89 bits per heavy atom.